The van der Waals surface area contributed by atoms with E-state index in [1.165, 1.54) is 12.1 Å². The van der Waals surface area contributed by atoms with Gasteiger partial charge in [0.1, 0.15) is 11.5 Å². The normalized spacial score (nSPS) is 20.7. The number of phenols is 2. The van der Waals surface area contributed by atoms with Crippen LogP contribution in [0.4, 0.5) is 0 Å². The van der Waals surface area contributed by atoms with Crippen molar-refractivity contribution in [2.45, 2.75) is 25.7 Å². The van der Waals surface area contributed by atoms with E-state index in [2.05, 4.69) is 10.5 Å². The number of aromatic hydroxyl groups is 2. The van der Waals surface area contributed by atoms with Crippen molar-refractivity contribution in [2.75, 3.05) is 0 Å². The number of carbonyl (C=O) groups excluding carboxylic acids is 1. The number of hydrogen-bond acceptors (Lipinski definition) is 4. The zero-order valence-electron chi connectivity index (χ0n) is 12.7. The van der Waals surface area contributed by atoms with Crippen LogP contribution < -0.4 is 5.43 Å². The van der Waals surface area contributed by atoms with Gasteiger partial charge < -0.3 is 10.2 Å². The van der Waals surface area contributed by atoms with Gasteiger partial charge in [0, 0.05) is 23.8 Å². The molecule has 5 heteroatoms. The van der Waals surface area contributed by atoms with Crippen molar-refractivity contribution in [2.24, 2.45) is 11.0 Å². The monoisotopic (exact) mass is 300 g/mol. The Morgan fingerprint density at radius 3 is 2.73 bits per heavy atom. The van der Waals surface area contributed by atoms with E-state index in [1.54, 1.807) is 26.1 Å². The van der Waals surface area contributed by atoms with Crippen LogP contribution in [0.5, 0.6) is 11.5 Å². The molecule has 1 amide bonds. The highest BCUT2D eigenvalue weighted by Gasteiger charge is 2.30. The van der Waals surface area contributed by atoms with E-state index in [-0.39, 0.29) is 23.3 Å². The molecule has 0 aromatic heterocycles. The van der Waals surface area contributed by atoms with Crippen molar-refractivity contribution < 1.29 is 15.0 Å². The molecule has 5 nitrogen and oxygen atoms in total. The van der Waals surface area contributed by atoms with Gasteiger partial charge >= 0.3 is 0 Å². The van der Waals surface area contributed by atoms with Crippen LogP contribution in [0.1, 0.15) is 25.8 Å². The first kappa shape index (κ1) is 15.8. The van der Waals surface area contributed by atoms with Gasteiger partial charge in [-0.05, 0) is 12.5 Å². The molecule has 3 N–H and O–H groups in total. The average molecular weight is 300 g/mol. The molecule has 0 radical (unpaired) electrons. The molecule has 0 saturated carbocycles. The molecule has 0 aliphatic heterocycles. The molecule has 0 saturated heterocycles. The Kier molecular flexibility index (Phi) is 4.65. The number of amides is 1. The standard InChI is InChI=1S/C17H20N2O3/c1-12(2)16(22)19-18-11-17(8-4-3-5-9-17)14-7-6-13(20)10-15(14)21/h3-8,10-12,20-21H,9H2,1-2H3,(H,19,22)/b18-11-. The van der Waals surface area contributed by atoms with Crippen LogP contribution in [0.15, 0.2) is 47.6 Å². The Balaban J connectivity index is 2.33. The molecule has 1 aliphatic rings. The maximum absolute atomic E-state index is 11.6. The lowest BCUT2D eigenvalue weighted by molar-refractivity contribution is -0.123. The number of nitrogens with zero attached hydrogens (tertiary/aromatic N) is 1. The number of nitrogens with one attached hydrogen (secondary N) is 1. The molecule has 1 aromatic carbocycles. The second-order valence-electron chi connectivity index (χ2n) is 5.62. The van der Waals surface area contributed by atoms with E-state index in [0.29, 0.717) is 12.0 Å². The number of hydrazone groups is 1. The summed E-state index contributed by atoms with van der Waals surface area (Å²) in [6.07, 6.45) is 9.86. The van der Waals surface area contributed by atoms with Crippen LogP contribution in [-0.4, -0.2) is 22.3 Å². The van der Waals surface area contributed by atoms with E-state index in [4.69, 9.17) is 0 Å². The second-order valence-corrected chi connectivity index (χ2v) is 5.62. The molecule has 2 rings (SSSR count). The van der Waals surface area contributed by atoms with Crippen LogP contribution in [0.2, 0.25) is 0 Å². The Bertz CT molecular complexity index is 647. The number of allylic oxidation sites excluding steroid dienone is 4. The number of phenolic OH excluding ortho intramolecular Hbond substituents is 2. The molecule has 1 atom stereocenters. The first-order valence-corrected chi connectivity index (χ1v) is 7.15. The van der Waals surface area contributed by atoms with Crippen molar-refractivity contribution in [3.05, 3.63) is 48.1 Å². The third-order valence-corrected chi connectivity index (χ3v) is 3.57. The topological polar surface area (TPSA) is 81.9 Å². The van der Waals surface area contributed by atoms with E-state index >= 15 is 0 Å². The summed E-state index contributed by atoms with van der Waals surface area (Å²) < 4.78 is 0. The van der Waals surface area contributed by atoms with Crippen molar-refractivity contribution in [1.29, 1.82) is 0 Å². The zero-order valence-corrected chi connectivity index (χ0v) is 12.7. The van der Waals surface area contributed by atoms with Crippen LogP contribution in [0, 0.1) is 5.92 Å². The molecule has 1 unspecified atom stereocenters. The Labute approximate surface area is 129 Å². The molecule has 0 heterocycles. The molecular weight excluding hydrogens is 280 g/mol. The smallest absolute Gasteiger partial charge is 0.242 e. The van der Waals surface area contributed by atoms with Gasteiger partial charge in [0.25, 0.3) is 0 Å². The van der Waals surface area contributed by atoms with Crippen molar-refractivity contribution in [1.82, 2.24) is 5.43 Å². The second kappa shape index (κ2) is 6.47. The fraction of sp³-hybridized carbons (Fsp3) is 0.294. The maximum Gasteiger partial charge on any atom is 0.242 e. The molecule has 1 aliphatic carbocycles. The third-order valence-electron chi connectivity index (χ3n) is 3.57. The molecule has 116 valence electrons. The molecule has 0 fully saturated rings. The fourth-order valence-electron chi connectivity index (χ4n) is 2.26. The fourth-order valence-corrected chi connectivity index (χ4v) is 2.26. The Hall–Kier alpha value is -2.56. The Morgan fingerprint density at radius 2 is 2.14 bits per heavy atom. The minimum Gasteiger partial charge on any atom is -0.508 e. The largest absolute Gasteiger partial charge is 0.508 e. The molecule has 1 aromatic rings. The lowest BCUT2D eigenvalue weighted by Crippen LogP contribution is -2.29. The van der Waals surface area contributed by atoms with E-state index in [0.717, 1.165) is 0 Å². The third kappa shape index (κ3) is 3.36. The lowest BCUT2D eigenvalue weighted by Gasteiger charge is -2.28. The quantitative estimate of drug-likeness (QED) is 0.590. The predicted molar refractivity (Wildman–Crippen MR) is 85.8 cm³/mol. The first-order chi connectivity index (χ1) is 10.4. The zero-order chi connectivity index (χ0) is 16.2. The van der Waals surface area contributed by atoms with Gasteiger partial charge in [-0.1, -0.05) is 44.2 Å². The highest BCUT2D eigenvalue weighted by Crippen LogP contribution is 2.37. The van der Waals surface area contributed by atoms with Crippen molar-refractivity contribution >= 4 is 12.1 Å². The predicted octanol–water partition coefficient (Wildman–Crippen LogP) is 2.61. The van der Waals surface area contributed by atoms with Gasteiger partial charge in [0.05, 0.1) is 5.41 Å². The number of carbonyl (C=O) groups is 1. The first-order valence-electron chi connectivity index (χ1n) is 7.15. The van der Waals surface area contributed by atoms with E-state index < -0.39 is 5.41 Å². The number of rotatable bonds is 4. The van der Waals surface area contributed by atoms with Crippen molar-refractivity contribution in [3.63, 3.8) is 0 Å². The highest BCUT2D eigenvalue weighted by molar-refractivity contribution is 5.82. The summed E-state index contributed by atoms with van der Waals surface area (Å²) in [5.74, 6) is -0.341. The van der Waals surface area contributed by atoms with Gasteiger partial charge in [-0.15, -0.1) is 0 Å². The number of benzene rings is 1. The van der Waals surface area contributed by atoms with Gasteiger partial charge in [0.15, 0.2) is 0 Å². The maximum atomic E-state index is 11.6. The molecular formula is C17H20N2O3. The van der Waals surface area contributed by atoms with Gasteiger partial charge in [-0.2, -0.15) is 5.10 Å². The molecule has 0 spiro atoms. The lowest BCUT2D eigenvalue weighted by atomic mass is 9.76. The summed E-state index contributed by atoms with van der Waals surface area (Å²) in [6, 6.07) is 4.47. The van der Waals surface area contributed by atoms with E-state index in [1.807, 2.05) is 24.3 Å². The van der Waals surface area contributed by atoms with Crippen LogP contribution in [0.3, 0.4) is 0 Å². The van der Waals surface area contributed by atoms with E-state index in [9.17, 15) is 15.0 Å². The summed E-state index contributed by atoms with van der Waals surface area (Å²) in [7, 11) is 0. The van der Waals surface area contributed by atoms with Gasteiger partial charge in [-0.25, -0.2) is 5.43 Å². The highest BCUT2D eigenvalue weighted by atomic mass is 16.3. The minimum atomic E-state index is -0.656. The van der Waals surface area contributed by atoms with Crippen LogP contribution in [-0.2, 0) is 10.2 Å². The van der Waals surface area contributed by atoms with Crippen LogP contribution in [0.25, 0.3) is 0 Å². The van der Waals surface area contributed by atoms with Crippen LogP contribution >= 0.6 is 0 Å². The Morgan fingerprint density at radius 1 is 1.36 bits per heavy atom. The summed E-state index contributed by atoms with van der Waals surface area (Å²) >= 11 is 0. The summed E-state index contributed by atoms with van der Waals surface area (Å²) in [5, 5.41) is 23.6. The van der Waals surface area contributed by atoms with Gasteiger partial charge in [-0.3, -0.25) is 4.79 Å². The summed E-state index contributed by atoms with van der Waals surface area (Å²) in [4.78, 5) is 11.6. The minimum absolute atomic E-state index is 0.00298. The average Bonchev–Trinajstić information content (AvgIpc) is 2.47. The summed E-state index contributed by atoms with van der Waals surface area (Å²) in [6.45, 7) is 3.57. The SMILES string of the molecule is CC(C)C(=O)N/N=C\C1(c2ccc(O)cc2O)C=CC=CC1. The molecule has 0 bridgehead atoms. The summed E-state index contributed by atoms with van der Waals surface area (Å²) in [5.41, 5.74) is 2.46. The molecule has 22 heavy (non-hydrogen) atoms. The van der Waals surface area contributed by atoms with Gasteiger partial charge in [0.2, 0.25) is 5.91 Å². The number of hydrogen-bond donors (Lipinski definition) is 3. The van der Waals surface area contributed by atoms with Crippen molar-refractivity contribution in [3.8, 4) is 11.5 Å².